The van der Waals surface area contributed by atoms with Gasteiger partial charge in [-0.2, -0.15) is 0 Å². The summed E-state index contributed by atoms with van der Waals surface area (Å²) in [6.07, 6.45) is 2.96. The van der Waals surface area contributed by atoms with Crippen LogP contribution >= 0.6 is 11.6 Å². The third-order valence-corrected chi connectivity index (χ3v) is 3.92. The van der Waals surface area contributed by atoms with E-state index in [4.69, 9.17) is 17.3 Å². The predicted molar refractivity (Wildman–Crippen MR) is 70.6 cm³/mol. The van der Waals surface area contributed by atoms with Gasteiger partial charge in [0.1, 0.15) is 17.3 Å². The number of amides is 1. The summed E-state index contributed by atoms with van der Waals surface area (Å²) in [5.41, 5.74) is 5.89. The third kappa shape index (κ3) is 2.14. The summed E-state index contributed by atoms with van der Waals surface area (Å²) in [6.45, 7) is 5.25. The Morgan fingerprint density at radius 1 is 1.61 bits per heavy atom. The molecule has 1 saturated heterocycles. The van der Waals surface area contributed by atoms with Gasteiger partial charge in [0.05, 0.1) is 5.41 Å². The van der Waals surface area contributed by atoms with Crippen molar-refractivity contribution in [3.05, 3.63) is 17.0 Å². The van der Waals surface area contributed by atoms with Crippen LogP contribution in [0.25, 0.3) is 0 Å². The average molecular weight is 269 g/mol. The summed E-state index contributed by atoms with van der Waals surface area (Å²) in [5.74, 6) is 0.561. The molecule has 5 nitrogen and oxygen atoms in total. The smallest absolute Gasteiger partial charge is 0.225 e. The molecular weight excluding hydrogens is 252 g/mol. The van der Waals surface area contributed by atoms with Crippen molar-refractivity contribution in [1.82, 2.24) is 9.97 Å². The highest BCUT2D eigenvalue weighted by molar-refractivity contribution is 6.30. The summed E-state index contributed by atoms with van der Waals surface area (Å²) in [7, 11) is 0. The molecule has 0 radical (unpaired) electrons. The van der Waals surface area contributed by atoms with Crippen LogP contribution < -0.4 is 10.6 Å². The molecule has 1 aliphatic rings. The number of halogens is 1. The SMILES string of the molecule is CCc1c(Cl)ncnc1N1CCC(C)(C(N)=O)C1. The number of rotatable bonds is 3. The van der Waals surface area contributed by atoms with Crippen LogP contribution in [0.1, 0.15) is 25.8 Å². The topological polar surface area (TPSA) is 72.1 Å². The summed E-state index contributed by atoms with van der Waals surface area (Å²) in [6, 6.07) is 0. The van der Waals surface area contributed by atoms with Crippen LogP contribution in [0.2, 0.25) is 5.15 Å². The average Bonchev–Trinajstić information content (AvgIpc) is 2.73. The minimum Gasteiger partial charge on any atom is -0.369 e. The fraction of sp³-hybridized carbons (Fsp3) is 0.583. The van der Waals surface area contributed by atoms with E-state index in [1.807, 2.05) is 13.8 Å². The molecule has 0 aliphatic carbocycles. The fourth-order valence-corrected chi connectivity index (χ4v) is 2.56. The third-order valence-electron chi connectivity index (χ3n) is 3.59. The number of nitrogens with two attached hydrogens (primary N) is 1. The quantitative estimate of drug-likeness (QED) is 0.841. The number of nitrogens with zero attached hydrogens (tertiary/aromatic N) is 3. The Bertz CT molecular complexity index is 479. The predicted octanol–water partition coefficient (Wildman–Crippen LogP) is 1.39. The maximum absolute atomic E-state index is 11.5. The van der Waals surface area contributed by atoms with E-state index in [0.29, 0.717) is 11.7 Å². The maximum atomic E-state index is 11.5. The van der Waals surface area contributed by atoms with E-state index in [9.17, 15) is 4.79 Å². The molecule has 0 saturated carbocycles. The lowest BCUT2D eigenvalue weighted by Gasteiger charge is -2.23. The van der Waals surface area contributed by atoms with Gasteiger partial charge in [-0.1, -0.05) is 18.5 Å². The van der Waals surface area contributed by atoms with Crippen LogP contribution in [0.3, 0.4) is 0 Å². The molecule has 1 fully saturated rings. The monoisotopic (exact) mass is 268 g/mol. The molecule has 18 heavy (non-hydrogen) atoms. The molecule has 2 heterocycles. The molecule has 0 bridgehead atoms. The highest BCUT2D eigenvalue weighted by Crippen LogP contribution is 2.34. The van der Waals surface area contributed by atoms with Gasteiger partial charge in [-0.25, -0.2) is 9.97 Å². The molecule has 0 aromatic carbocycles. The van der Waals surface area contributed by atoms with Gasteiger partial charge in [0, 0.05) is 18.7 Å². The molecule has 1 unspecified atom stereocenters. The summed E-state index contributed by atoms with van der Waals surface area (Å²) < 4.78 is 0. The largest absolute Gasteiger partial charge is 0.369 e. The lowest BCUT2D eigenvalue weighted by Crippen LogP contribution is -2.37. The lowest BCUT2D eigenvalue weighted by atomic mass is 9.89. The van der Waals surface area contributed by atoms with E-state index in [1.54, 1.807) is 0 Å². The van der Waals surface area contributed by atoms with Gasteiger partial charge >= 0.3 is 0 Å². The summed E-state index contributed by atoms with van der Waals surface area (Å²) >= 11 is 6.07. The standard InChI is InChI=1S/C12H17ClN4O/c1-3-8-9(13)15-7-16-10(8)17-5-4-12(2,6-17)11(14)18/h7H,3-6H2,1-2H3,(H2,14,18). The zero-order chi connectivity index (χ0) is 13.3. The van der Waals surface area contributed by atoms with Crippen LogP contribution in [-0.4, -0.2) is 29.0 Å². The van der Waals surface area contributed by atoms with Crippen LogP contribution in [0.5, 0.6) is 0 Å². The highest BCUT2D eigenvalue weighted by atomic mass is 35.5. The van der Waals surface area contributed by atoms with Gasteiger partial charge in [-0.15, -0.1) is 0 Å². The lowest BCUT2D eigenvalue weighted by molar-refractivity contribution is -0.125. The van der Waals surface area contributed by atoms with Crippen LogP contribution in [0, 0.1) is 5.41 Å². The van der Waals surface area contributed by atoms with E-state index < -0.39 is 5.41 Å². The molecule has 1 amide bonds. The molecular formula is C12H17ClN4O. The second-order valence-corrected chi connectivity index (χ2v) is 5.27. The van der Waals surface area contributed by atoms with Crippen molar-refractivity contribution < 1.29 is 4.79 Å². The van der Waals surface area contributed by atoms with Crippen molar-refractivity contribution in [3.63, 3.8) is 0 Å². The highest BCUT2D eigenvalue weighted by Gasteiger charge is 2.39. The molecule has 1 aromatic heterocycles. The van der Waals surface area contributed by atoms with Gasteiger partial charge < -0.3 is 10.6 Å². The van der Waals surface area contributed by atoms with E-state index in [-0.39, 0.29) is 5.91 Å². The first-order valence-electron chi connectivity index (χ1n) is 6.02. The molecule has 6 heteroatoms. The first-order chi connectivity index (χ1) is 8.48. The molecule has 98 valence electrons. The Kier molecular flexibility index (Phi) is 3.43. The Balaban J connectivity index is 2.30. The zero-order valence-corrected chi connectivity index (χ0v) is 11.4. The molecule has 2 N–H and O–H groups in total. The number of carbonyl (C=O) groups excluding carboxylic acids is 1. The minimum atomic E-state index is -0.484. The number of carbonyl (C=O) groups is 1. The van der Waals surface area contributed by atoms with Crippen LogP contribution in [0.4, 0.5) is 5.82 Å². The van der Waals surface area contributed by atoms with Gasteiger partial charge in [-0.3, -0.25) is 4.79 Å². The van der Waals surface area contributed by atoms with Crippen molar-refractivity contribution in [2.24, 2.45) is 11.1 Å². The normalized spacial score (nSPS) is 23.4. The zero-order valence-electron chi connectivity index (χ0n) is 10.6. The van der Waals surface area contributed by atoms with E-state index >= 15 is 0 Å². The molecule has 1 aliphatic heterocycles. The molecule has 1 aromatic rings. The van der Waals surface area contributed by atoms with Gasteiger partial charge in [0.2, 0.25) is 5.91 Å². The number of aromatic nitrogens is 2. The van der Waals surface area contributed by atoms with Gasteiger partial charge in [0.15, 0.2) is 0 Å². The Morgan fingerprint density at radius 2 is 2.33 bits per heavy atom. The van der Waals surface area contributed by atoms with Gasteiger partial charge in [-0.05, 0) is 19.8 Å². The van der Waals surface area contributed by atoms with Crippen LogP contribution in [0.15, 0.2) is 6.33 Å². The van der Waals surface area contributed by atoms with E-state index in [0.717, 1.165) is 30.8 Å². The summed E-state index contributed by atoms with van der Waals surface area (Å²) in [4.78, 5) is 21.8. The number of hydrogen-bond acceptors (Lipinski definition) is 4. The molecule has 2 rings (SSSR count). The van der Waals surface area contributed by atoms with Crippen molar-refractivity contribution in [2.45, 2.75) is 26.7 Å². The molecule has 1 atom stereocenters. The number of anilines is 1. The number of primary amides is 1. The van der Waals surface area contributed by atoms with E-state index in [1.165, 1.54) is 6.33 Å². The maximum Gasteiger partial charge on any atom is 0.225 e. The number of hydrogen-bond donors (Lipinski definition) is 1. The fourth-order valence-electron chi connectivity index (χ4n) is 2.30. The second-order valence-electron chi connectivity index (χ2n) is 4.92. The van der Waals surface area contributed by atoms with Crippen molar-refractivity contribution in [2.75, 3.05) is 18.0 Å². The second kappa shape index (κ2) is 4.72. The Labute approximate surface area is 111 Å². The van der Waals surface area contributed by atoms with Crippen LogP contribution in [-0.2, 0) is 11.2 Å². The van der Waals surface area contributed by atoms with Crippen molar-refractivity contribution in [1.29, 1.82) is 0 Å². The molecule has 0 spiro atoms. The Morgan fingerprint density at radius 3 is 2.89 bits per heavy atom. The van der Waals surface area contributed by atoms with Crippen molar-refractivity contribution >= 4 is 23.3 Å². The first kappa shape index (κ1) is 13.1. The van der Waals surface area contributed by atoms with Crippen molar-refractivity contribution in [3.8, 4) is 0 Å². The minimum absolute atomic E-state index is 0.261. The van der Waals surface area contributed by atoms with E-state index in [2.05, 4.69) is 14.9 Å². The first-order valence-corrected chi connectivity index (χ1v) is 6.40. The summed E-state index contributed by atoms with van der Waals surface area (Å²) in [5, 5.41) is 0.482. The van der Waals surface area contributed by atoms with Gasteiger partial charge in [0.25, 0.3) is 0 Å². The Hall–Kier alpha value is -1.36.